The van der Waals surface area contributed by atoms with E-state index in [4.69, 9.17) is 0 Å². The predicted octanol–water partition coefficient (Wildman–Crippen LogP) is 6.06. The van der Waals surface area contributed by atoms with Crippen molar-refractivity contribution in [2.24, 2.45) is 0 Å². The number of alkyl halides is 3. The molecular weight excluding hydrogens is 409 g/mol. The summed E-state index contributed by atoms with van der Waals surface area (Å²) in [7, 11) is 0. The first-order chi connectivity index (χ1) is 14.8. The molecule has 5 nitrogen and oxygen atoms in total. The number of para-hydroxylation sites is 1. The van der Waals surface area contributed by atoms with Crippen molar-refractivity contribution in [1.29, 1.82) is 0 Å². The number of pyridine rings is 1. The van der Waals surface area contributed by atoms with E-state index in [1.807, 2.05) is 0 Å². The van der Waals surface area contributed by atoms with Gasteiger partial charge in [0.05, 0.1) is 16.0 Å². The Kier molecular flexibility index (Phi) is 4.98. The Bertz CT molecular complexity index is 1300. The second-order valence-electron chi connectivity index (χ2n) is 6.75. The van der Waals surface area contributed by atoms with E-state index >= 15 is 0 Å². The van der Waals surface area contributed by atoms with Crippen molar-refractivity contribution in [3.8, 4) is 11.1 Å². The van der Waals surface area contributed by atoms with Crippen molar-refractivity contribution in [2.45, 2.75) is 6.18 Å². The van der Waals surface area contributed by atoms with Crippen LogP contribution in [0.3, 0.4) is 0 Å². The molecule has 1 aromatic heterocycles. The molecule has 3 aromatic carbocycles. The highest BCUT2D eigenvalue weighted by molar-refractivity contribution is 6.16. The standard InChI is InChI=1S/C23H13F3N2O3/c24-23(25,26)19-8-4-7-17-20(14-5-2-1-3-6-14)18(13-27-21(17)19)22(29)15-9-11-16(12-10-15)28(30)31/h1-13H. The average Bonchev–Trinajstić information content (AvgIpc) is 2.77. The summed E-state index contributed by atoms with van der Waals surface area (Å²) >= 11 is 0. The first-order valence-corrected chi connectivity index (χ1v) is 9.11. The molecule has 0 radical (unpaired) electrons. The number of fused-ring (bicyclic) bond motifs is 1. The fourth-order valence-corrected chi connectivity index (χ4v) is 3.43. The third-order valence-electron chi connectivity index (χ3n) is 4.85. The van der Waals surface area contributed by atoms with Gasteiger partial charge in [0.1, 0.15) is 0 Å². The van der Waals surface area contributed by atoms with Gasteiger partial charge >= 0.3 is 6.18 Å². The zero-order valence-corrected chi connectivity index (χ0v) is 15.8. The second kappa shape index (κ2) is 7.64. The Morgan fingerprint density at radius 1 is 0.903 bits per heavy atom. The van der Waals surface area contributed by atoms with Crippen LogP contribution in [0.25, 0.3) is 22.0 Å². The van der Waals surface area contributed by atoms with E-state index in [0.717, 1.165) is 12.3 Å². The van der Waals surface area contributed by atoms with E-state index in [1.165, 1.54) is 36.4 Å². The minimum Gasteiger partial charge on any atom is -0.289 e. The predicted molar refractivity (Wildman–Crippen MR) is 109 cm³/mol. The number of benzene rings is 3. The number of hydrogen-bond donors (Lipinski definition) is 0. The quantitative estimate of drug-likeness (QED) is 0.228. The SMILES string of the molecule is O=C(c1ccc([N+](=O)[O-])cc1)c1cnc2c(C(F)(F)F)cccc2c1-c1ccccc1. The van der Waals surface area contributed by atoms with Crippen LogP contribution in [0.15, 0.2) is 79.0 Å². The summed E-state index contributed by atoms with van der Waals surface area (Å²) in [6.45, 7) is 0. The van der Waals surface area contributed by atoms with Crippen LogP contribution >= 0.6 is 0 Å². The number of nitro groups is 1. The normalized spacial score (nSPS) is 11.5. The molecule has 8 heteroatoms. The number of carbonyl (C=O) groups excluding carboxylic acids is 1. The number of rotatable bonds is 4. The second-order valence-corrected chi connectivity index (χ2v) is 6.75. The minimum absolute atomic E-state index is 0.104. The van der Waals surface area contributed by atoms with Crippen LogP contribution in [0, 0.1) is 10.1 Å². The number of nitro benzene ring substituents is 1. The summed E-state index contributed by atoms with van der Waals surface area (Å²) < 4.78 is 40.6. The van der Waals surface area contributed by atoms with Gasteiger partial charge in [-0.3, -0.25) is 19.9 Å². The Morgan fingerprint density at radius 2 is 1.58 bits per heavy atom. The third kappa shape index (κ3) is 3.75. The van der Waals surface area contributed by atoms with Crippen LogP contribution in [0.2, 0.25) is 0 Å². The molecule has 0 unspecified atom stereocenters. The molecule has 0 saturated heterocycles. The molecule has 31 heavy (non-hydrogen) atoms. The number of carbonyl (C=O) groups is 1. The topological polar surface area (TPSA) is 73.1 Å². The number of nitrogens with zero attached hydrogens (tertiary/aromatic N) is 2. The van der Waals surface area contributed by atoms with Crippen LogP contribution in [-0.4, -0.2) is 15.7 Å². The highest BCUT2D eigenvalue weighted by Crippen LogP contribution is 2.39. The van der Waals surface area contributed by atoms with Gasteiger partial charge in [0.25, 0.3) is 5.69 Å². The van der Waals surface area contributed by atoms with Crippen molar-refractivity contribution in [3.63, 3.8) is 0 Å². The van der Waals surface area contributed by atoms with Crippen LogP contribution in [0.4, 0.5) is 18.9 Å². The molecule has 0 aliphatic rings. The summed E-state index contributed by atoms with van der Waals surface area (Å²) in [6, 6.07) is 17.3. The van der Waals surface area contributed by atoms with Crippen LogP contribution in [-0.2, 0) is 6.18 Å². The largest absolute Gasteiger partial charge is 0.418 e. The lowest BCUT2D eigenvalue weighted by Crippen LogP contribution is -2.09. The third-order valence-corrected chi connectivity index (χ3v) is 4.85. The van der Waals surface area contributed by atoms with E-state index in [2.05, 4.69) is 4.98 Å². The van der Waals surface area contributed by atoms with Crippen molar-refractivity contribution in [3.05, 3.63) is 106 Å². The monoisotopic (exact) mass is 422 g/mol. The van der Waals surface area contributed by atoms with Crippen LogP contribution in [0.1, 0.15) is 21.5 Å². The molecule has 0 aliphatic heterocycles. The molecule has 0 amide bonds. The zero-order valence-electron chi connectivity index (χ0n) is 15.8. The molecule has 4 rings (SSSR count). The molecule has 0 atom stereocenters. The first-order valence-electron chi connectivity index (χ1n) is 9.11. The molecule has 0 saturated carbocycles. The molecule has 154 valence electrons. The summed E-state index contributed by atoms with van der Waals surface area (Å²) in [5, 5.41) is 11.1. The Hall–Kier alpha value is -4.07. The highest BCUT2D eigenvalue weighted by Gasteiger charge is 2.34. The van der Waals surface area contributed by atoms with E-state index in [-0.39, 0.29) is 27.7 Å². The van der Waals surface area contributed by atoms with Crippen LogP contribution < -0.4 is 0 Å². The van der Waals surface area contributed by atoms with Gasteiger partial charge < -0.3 is 0 Å². The molecule has 0 bridgehead atoms. The molecule has 0 spiro atoms. The summed E-state index contributed by atoms with van der Waals surface area (Å²) in [6.07, 6.45) is -3.48. The fraction of sp³-hybridized carbons (Fsp3) is 0.0435. The van der Waals surface area contributed by atoms with Gasteiger partial charge in [-0.15, -0.1) is 0 Å². The lowest BCUT2D eigenvalue weighted by atomic mass is 9.91. The maximum atomic E-state index is 13.5. The van der Waals surface area contributed by atoms with Gasteiger partial charge in [0, 0.05) is 40.4 Å². The maximum Gasteiger partial charge on any atom is 0.418 e. The number of ketones is 1. The maximum absolute atomic E-state index is 13.5. The zero-order chi connectivity index (χ0) is 22.2. The Labute approximate surface area is 173 Å². The smallest absolute Gasteiger partial charge is 0.289 e. The van der Waals surface area contributed by atoms with Gasteiger partial charge in [-0.2, -0.15) is 13.2 Å². The molecule has 0 N–H and O–H groups in total. The summed E-state index contributed by atoms with van der Waals surface area (Å²) in [5.74, 6) is -0.499. The van der Waals surface area contributed by atoms with Gasteiger partial charge in [-0.05, 0) is 23.8 Å². The van der Waals surface area contributed by atoms with Gasteiger partial charge in [0.15, 0.2) is 5.78 Å². The van der Waals surface area contributed by atoms with Crippen molar-refractivity contribution in [1.82, 2.24) is 4.98 Å². The van der Waals surface area contributed by atoms with Crippen LogP contribution in [0.5, 0.6) is 0 Å². The molecular formula is C23H13F3N2O3. The van der Waals surface area contributed by atoms with Crippen molar-refractivity contribution in [2.75, 3.05) is 0 Å². The summed E-state index contributed by atoms with van der Waals surface area (Å²) in [5.41, 5.74) is -0.181. The number of hydrogen-bond acceptors (Lipinski definition) is 4. The lowest BCUT2D eigenvalue weighted by molar-refractivity contribution is -0.384. The van der Waals surface area contributed by atoms with E-state index < -0.39 is 22.4 Å². The van der Waals surface area contributed by atoms with Gasteiger partial charge in [-0.1, -0.05) is 42.5 Å². The Balaban J connectivity index is 1.97. The first kappa shape index (κ1) is 20.2. The van der Waals surface area contributed by atoms with E-state index in [9.17, 15) is 28.1 Å². The van der Waals surface area contributed by atoms with Crippen molar-refractivity contribution >= 4 is 22.4 Å². The minimum atomic E-state index is -4.61. The van der Waals surface area contributed by atoms with E-state index in [1.54, 1.807) is 30.3 Å². The molecule has 4 aromatic rings. The molecule has 0 fully saturated rings. The number of aromatic nitrogens is 1. The summed E-state index contributed by atoms with van der Waals surface area (Å²) in [4.78, 5) is 27.5. The Morgan fingerprint density at radius 3 is 2.19 bits per heavy atom. The van der Waals surface area contributed by atoms with Gasteiger partial charge in [-0.25, -0.2) is 0 Å². The number of halogens is 3. The average molecular weight is 422 g/mol. The molecule has 1 heterocycles. The fourth-order valence-electron chi connectivity index (χ4n) is 3.43. The lowest BCUT2D eigenvalue weighted by Gasteiger charge is -2.15. The van der Waals surface area contributed by atoms with Gasteiger partial charge in [0.2, 0.25) is 0 Å². The van der Waals surface area contributed by atoms with Crippen molar-refractivity contribution < 1.29 is 22.9 Å². The number of non-ortho nitro benzene ring substituents is 1. The van der Waals surface area contributed by atoms with E-state index in [0.29, 0.717) is 11.1 Å². The highest BCUT2D eigenvalue weighted by atomic mass is 19.4. The molecule has 0 aliphatic carbocycles.